The van der Waals surface area contributed by atoms with Crippen molar-refractivity contribution in [2.45, 2.75) is 39.2 Å². The Morgan fingerprint density at radius 1 is 1.21 bits per heavy atom. The minimum absolute atomic E-state index is 0.296. The standard InChI is InChI=1S/C14H21N3O2/c1-4-9(2)11-5-7-12(8-6-11)17-13(18)10(3)16-14(15)19/h5-10H,4H2,1-3H3,(H,17,18)(H3,15,16,19). The summed E-state index contributed by atoms with van der Waals surface area (Å²) in [5.41, 5.74) is 6.91. The van der Waals surface area contributed by atoms with E-state index in [0.29, 0.717) is 11.6 Å². The minimum Gasteiger partial charge on any atom is -0.352 e. The van der Waals surface area contributed by atoms with Gasteiger partial charge in [0.05, 0.1) is 0 Å². The summed E-state index contributed by atoms with van der Waals surface area (Å²) in [6, 6.07) is 6.33. The number of hydrogen-bond acceptors (Lipinski definition) is 2. The number of anilines is 1. The van der Waals surface area contributed by atoms with Crippen molar-refractivity contribution in [2.75, 3.05) is 5.32 Å². The quantitative estimate of drug-likeness (QED) is 0.760. The Labute approximate surface area is 113 Å². The molecule has 5 heteroatoms. The SMILES string of the molecule is CCC(C)c1ccc(NC(=O)C(C)NC(N)=O)cc1. The molecule has 3 amide bonds. The van der Waals surface area contributed by atoms with Gasteiger partial charge in [0.1, 0.15) is 6.04 Å². The molecule has 0 aliphatic rings. The van der Waals surface area contributed by atoms with E-state index in [4.69, 9.17) is 5.73 Å². The summed E-state index contributed by atoms with van der Waals surface area (Å²) < 4.78 is 0. The number of carbonyl (C=O) groups is 2. The van der Waals surface area contributed by atoms with E-state index in [1.807, 2.05) is 24.3 Å². The number of primary amides is 1. The molecule has 19 heavy (non-hydrogen) atoms. The summed E-state index contributed by atoms with van der Waals surface area (Å²) in [5, 5.41) is 5.05. The van der Waals surface area contributed by atoms with E-state index in [0.717, 1.165) is 6.42 Å². The first-order chi connectivity index (χ1) is 8.93. The molecule has 2 atom stereocenters. The Bertz CT molecular complexity index is 443. The zero-order valence-corrected chi connectivity index (χ0v) is 11.6. The number of nitrogens with two attached hydrogens (primary N) is 1. The van der Waals surface area contributed by atoms with Gasteiger partial charge in [-0.05, 0) is 37.0 Å². The minimum atomic E-state index is -0.713. The van der Waals surface area contributed by atoms with Crippen molar-refractivity contribution in [3.05, 3.63) is 29.8 Å². The Balaban J connectivity index is 2.62. The molecule has 0 aliphatic carbocycles. The maximum absolute atomic E-state index is 11.7. The molecule has 0 heterocycles. The van der Waals surface area contributed by atoms with Crippen molar-refractivity contribution < 1.29 is 9.59 Å². The van der Waals surface area contributed by atoms with Crippen molar-refractivity contribution in [1.29, 1.82) is 0 Å². The first kappa shape index (κ1) is 15.0. The summed E-state index contributed by atoms with van der Waals surface area (Å²) in [7, 11) is 0. The van der Waals surface area contributed by atoms with E-state index >= 15 is 0 Å². The van der Waals surface area contributed by atoms with Gasteiger partial charge >= 0.3 is 6.03 Å². The Morgan fingerprint density at radius 3 is 2.26 bits per heavy atom. The average Bonchev–Trinajstić information content (AvgIpc) is 2.37. The number of carbonyl (C=O) groups excluding carboxylic acids is 2. The van der Waals surface area contributed by atoms with Crippen LogP contribution >= 0.6 is 0 Å². The fourth-order valence-electron chi connectivity index (χ4n) is 1.66. The second-order valence-corrected chi connectivity index (χ2v) is 4.65. The third-order valence-corrected chi connectivity index (χ3v) is 3.11. The van der Waals surface area contributed by atoms with Gasteiger partial charge in [0.25, 0.3) is 0 Å². The molecule has 2 unspecified atom stereocenters. The van der Waals surface area contributed by atoms with Crippen LogP contribution in [0.3, 0.4) is 0 Å². The van der Waals surface area contributed by atoms with Gasteiger partial charge in [0, 0.05) is 5.69 Å². The topological polar surface area (TPSA) is 84.2 Å². The van der Waals surface area contributed by atoms with Gasteiger partial charge in [-0.2, -0.15) is 0 Å². The fourth-order valence-corrected chi connectivity index (χ4v) is 1.66. The average molecular weight is 263 g/mol. The van der Waals surface area contributed by atoms with E-state index in [1.165, 1.54) is 5.56 Å². The first-order valence-electron chi connectivity index (χ1n) is 6.40. The van der Waals surface area contributed by atoms with Crippen molar-refractivity contribution in [2.24, 2.45) is 5.73 Å². The smallest absolute Gasteiger partial charge is 0.312 e. The first-order valence-corrected chi connectivity index (χ1v) is 6.40. The van der Waals surface area contributed by atoms with E-state index < -0.39 is 12.1 Å². The highest BCUT2D eigenvalue weighted by Gasteiger charge is 2.14. The molecule has 4 N–H and O–H groups in total. The lowest BCUT2D eigenvalue weighted by molar-refractivity contribution is -0.117. The molecule has 0 radical (unpaired) electrons. The maximum Gasteiger partial charge on any atom is 0.312 e. The van der Waals surface area contributed by atoms with E-state index in [1.54, 1.807) is 6.92 Å². The number of amides is 3. The molecular weight excluding hydrogens is 242 g/mol. The molecular formula is C14H21N3O2. The number of hydrogen-bond donors (Lipinski definition) is 3. The monoisotopic (exact) mass is 263 g/mol. The highest BCUT2D eigenvalue weighted by Crippen LogP contribution is 2.20. The van der Waals surface area contributed by atoms with Crippen LogP contribution in [0, 0.1) is 0 Å². The van der Waals surface area contributed by atoms with Crippen molar-refractivity contribution in [3.63, 3.8) is 0 Å². The zero-order valence-electron chi connectivity index (χ0n) is 11.6. The van der Waals surface area contributed by atoms with E-state index in [9.17, 15) is 9.59 Å². The summed E-state index contributed by atoms with van der Waals surface area (Å²) in [4.78, 5) is 22.4. The predicted octanol–water partition coefficient (Wildman–Crippen LogP) is 2.20. The zero-order chi connectivity index (χ0) is 14.4. The molecule has 0 fully saturated rings. The van der Waals surface area contributed by atoms with Crippen LogP contribution in [0.4, 0.5) is 10.5 Å². The van der Waals surface area contributed by atoms with Crippen molar-refractivity contribution in [1.82, 2.24) is 5.32 Å². The van der Waals surface area contributed by atoms with Crippen LogP contribution in [-0.2, 0) is 4.79 Å². The Kier molecular flexibility index (Phi) is 5.36. The van der Waals surface area contributed by atoms with E-state index in [2.05, 4.69) is 24.5 Å². The summed E-state index contributed by atoms with van der Waals surface area (Å²) in [6.45, 7) is 5.87. The molecule has 0 aliphatic heterocycles. The highest BCUT2D eigenvalue weighted by molar-refractivity contribution is 5.96. The normalized spacial score (nSPS) is 13.4. The molecule has 0 saturated heterocycles. The number of rotatable bonds is 5. The number of nitrogens with one attached hydrogen (secondary N) is 2. The Morgan fingerprint density at radius 2 is 1.79 bits per heavy atom. The van der Waals surface area contributed by atoms with Gasteiger partial charge in [-0.25, -0.2) is 4.79 Å². The van der Waals surface area contributed by atoms with Crippen molar-refractivity contribution in [3.8, 4) is 0 Å². The van der Waals surface area contributed by atoms with Crippen molar-refractivity contribution >= 4 is 17.6 Å². The van der Waals surface area contributed by atoms with Gasteiger partial charge in [-0.3, -0.25) is 4.79 Å². The van der Waals surface area contributed by atoms with Crippen LogP contribution in [0.2, 0.25) is 0 Å². The fraction of sp³-hybridized carbons (Fsp3) is 0.429. The van der Waals surface area contributed by atoms with Crippen LogP contribution in [0.1, 0.15) is 38.7 Å². The lowest BCUT2D eigenvalue weighted by atomic mass is 9.99. The van der Waals surface area contributed by atoms with Gasteiger partial charge in [0.2, 0.25) is 5.91 Å². The molecule has 0 aromatic heterocycles. The van der Waals surface area contributed by atoms with Gasteiger partial charge < -0.3 is 16.4 Å². The van der Waals surface area contributed by atoms with E-state index in [-0.39, 0.29) is 5.91 Å². The molecule has 0 saturated carbocycles. The van der Waals surface area contributed by atoms with Crippen LogP contribution in [0.15, 0.2) is 24.3 Å². The molecule has 5 nitrogen and oxygen atoms in total. The van der Waals surface area contributed by atoms with Crippen LogP contribution < -0.4 is 16.4 Å². The lowest BCUT2D eigenvalue weighted by Crippen LogP contribution is -2.44. The highest BCUT2D eigenvalue weighted by atomic mass is 16.2. The van der Waals surface area contributed by atoms with Crippen LogP contribution in [0.25, 0.3) is 0 Å². The largest absolute Gasteiger partial charge is 0.352 e. The second kappa shape index (κ2) is 6.78. The molecule has 1 rings (SSSR count). The predicted molar refractivity (Wildman–Crippen MR) is 76.0 cm³/mol. The van der Waals surface area contributed by atoms with Gasteiger partial charge in [-0.15, -0.1) is 0 Å². The molecule has 104 valence electrons. The molecule has 0 spiro atoms. The van der Waals surface area contributed by atoms with Gasteiger partial charge in [-0.1, -0.05) is 26.0 Å². The maximum atomic E-state index is 11.7. The van der Waals surface area contributed by atoms with Crippen LogP contribution in [-0.4, -0.2) is 18.0 Å². The summed E-state index contributed by atoms with van der Waals surface area (Å²) in [6.07, 6.45) is 1.07. The van der Waals surface area contributed by atoms with Gasteiger partial charge in [0.15, 0.2) is 0 Å². The number of urea groups is 1. The third-order valence-electron chi connectivity index (χ3n) is 3.11. The third kappa shape index (κ3) is 4.62. The molecule has 0 bridgehead atoms. The lowest BCUT2D eigenvalue weighted by Gasteiger charge is -2.14. The summed E-state index contributed by atoms with van der Waals surface area (Å²) >= 11 is 0. The molecule has 1 aromatic carbocycles. The second-order valence-electron chi connectivity index (χ2n) is 4.65. The summed E-state index contributed by atoms with van der Waals surface area (Å²) in [5.74, 6) is 0.204. The van der Waals surface area contributed by atoms with Crippen LogP contribution in [0.5, 0.6) is 0 Å². The Hall–Kier alpha value is -2.04. The number of benzene rings is 1. The molecule has 1 aromatic rings.